The van der Waals surface area contributed by atoms with Gasteiger partial charge in [0.25, 0.3) is 0 Å². The van der Waals surface area contributed by atoms with Crippen molar-refractivity contribution in [1.29, 1.82) is 0 Å². The van der Waals surface area contributed by atoms with Crippen LogP contribution in [-0.2, 0) is 17.6 Å². The zero-order valence-electron chi connectivity index (χ0n) is 13.7. The van der Waals surface area contributed by atoms with Gasteiger partial charge in [0.15, 0.2) is 0 Å². The molecule has 2 aromatic rings. The van der Waals surface area contributed by atoms with E-state index in [9.17, 15) is 4.79 Å². The molecule has 0 saturated carbocycles. The van der Waals surface area contributed by atoms with Crippen molar-refractivity contribution in [3.63, 3.8) is 0 Å². The van der Waals surface area contributed by atoms with Gasteiger partial charge in [0.05, 0.1) is 6.04 Å². The van der Waals surface area contributed by atoms with Crippen molar-refractivity contribution in [2.45, 2.75) is 51.5 Å². The van der Waals surface area contributed by atoms with Crippen molar-refractivity contribution in [1.82, 2.24) is 10.1 Å². The number of carbonyl (C=O) groups excluding carboxylic acids is 1. The van der Waals surface area contributed by atoms with E-state index in [1.54, 1.807) is 0 Å². The average Bonchev–Trinajstić information content (AvgIpc) is 3.22. The van der Waals surface area contributed by atoms with Crippen LogP contribution in [0.25, 0.3) is 0 Å². The summed E-state index contributed by atoms with van der Waals surface area (Å²) in [4.78, 5) is 14.6. The van der Waals surface area contributed by atoms with Gasteiger partial charge < -0.3 is 9.42 Å². The fourth-order valence-electron chi connectivity index (χ4n) is 3.26. The Morgan fingerprint density at radius 1 is 1.30 bits per heavy atom. The summed E-state index contributed by atoms with van der Waals surface area (Å²) >= 11 is 0. The number of amides is 1. The smallest absolute Gasteiger partial charge is 0.223 e. The summed E-state index contributed by atoms with van der Waals surface area (Å²) in [6, 6.07) is 12.3. The van der Waals surface area contributed by atoms with Crippen LogP contribution < -0.4 is 0 Å². The summed E-state index contributed by atoms with van der Waals surface area (Å²) in [5, 5.41) is 4.20. The molecule has 4 nitrogen and oxygen atoms in total. The van der Waals surface area contributed by atoms with Crippen molar-refractivity contribution in [2.24, 2.45) is 0 Å². The molecule has 1 aliphatic rings. The van der Waals surface area contributed by atoms with Crippen LogP contribution in [0.3, 0.4) is 0 Å². The SMILES string of the molecule is CCCc1cc([C@H]2CCCN2C(=O)CCc2ccccc2)no1. The Labute approximate surface area is 137 Å². The lowest BCUT2D eigenvalue weighted by molar-refractivity contribution is -0.132. The molecular weight excluding hydrogens is 288 g/mol. The van der Waals surface area contributed by atoms with Gasteiger partial charge in [0, 0.05) is 25.5 Å². The number of aryl methyl sites for hydroxylation is 2. The van der Waals surface area contributed by atoms with E-state index in [0.717, 1.165) is 50.1 Å². The third-order valence-electron chi connectivity index (χ3n) is 4.46. The highest BCUT2D eigenvalue weighted by Crippen LogP contribution is 2.32. The van der Waals surface area contributed by atoms with Gasteiger partial charge in [-0.2, -0.15) is 0 Å². The average molecular weight is 312 g/mol. The van der Waals surface area contributed by atoms with Gasteiger partial charge in [-0.05, 0) is 31.2 Å². The first-order chi connectivity index (χ1) is 11.3. The van der Waals surface area contributed by atoms with Gasteiger partial charge in [0.2, 0.25) is 5.91 Å². The summed E-state index contributed by atoms with van der Waals surface area (Å²) in [5.41, 5.74) is 2.13. The fourth-order valence-corrected chi connectivity index (χ4v) is 3.26. The van der Waals surface area contributed by atoms with Crippen LogP contribution in [0.1, 0.15) is 55.7 Å². The minimum absolute atomic E-state index is 0.0904. The van der Waals surface area contributed by atoms with Gasteiger partial charge in [-0.1, -0.05) is 42.4 Å². The molecule has 0 aliphatic carbocycles. The number of hydrogen-bond donors (Lipinski definition) is 0. The molecule has 0 N–H and O–H groups in total. The van der Waals surface area contributed by atoms with Crippen LogP contribution in [0, 0.1) is 0 Å². The van der Waals surface area contributed by atoms with Gasteiger partial charge in [-0.25, -0.2) is 0 Å². The molecule has 1 amide bonds. The number of benzene rings is 1. The van der Waals surface area contributed by atoms with Crippen LogP contribution in [0.2, 0.25) is 0 Å². The Hall–Kier alpha value is -2.10. The van der Waals surface area contributed by atoms with Crippen molar-refractivity contribution in [3.05, 3.63) is 53.4 Å². The molecule has 0 bridgehead atoms. The van der Waals surface area contributed by atoms with Gasteiger partial charge in [0.1, 0.15) is 11.5 Å². The third kappa shape index (κ3) is 3.81. The van der Waals surface area contributed by atoms with E-state index in [-0.39, 0.29) is 11.9 Å². The standard InChI is InChI=1S/C19H24N2O2/c1-2-7-16-14-17(20-23-16)18-10-6-13-21(18)19(22)12-11-15-8-4-3-5-9-15/h3-5,8-9,14,18H,2,6-7,10-13H2,1H3/t18-/m1/s1. The van der Waals surface area contributed by atoms with Gasteiger partial charge >= 0.3 is 0 Å². The Kier molecular flexibility index (Phi) is 5.11. The van der Waals surface area contributed by atoms with Crippen LogP contribution in [0.4, 0.5) is 0 Å². The maximum atomic E-state index is 12.6. The van der Waals surface area contributed by atoms with Crippen molar-refractivity contribution in [3.8, 4) is 0 Å². The maximum Gasteiger partial charge on any atom is 0.223 e. The molecule has 0 spiro atoms. The predicted molar refractivity (Wildman–Crippen MR) is 88.9 cm³/mol. The molecule has 3 rings (SSSR count). The van der Waals surface area contributed by atoms with Crippen LogP contribution >= 0.6 is 0 Å². The Balaban J connectivity index is 1.62. The molecule has 0 unspecified atom stereocenters. The number of carbonyl (C=O) groups is 1. The van der Waals surface area contributed by atoms with Crippen molar-refractivity contribution < 1.29 is 9.32 Å². The molecule has 1 aromatic carbocycles. The van der Waals surface area contributed by atoms with E-state index in [0.29, 0.717) is 6.42 Å². The third-order valence-corrected chi connectivity index (χ3v) is 4.46. The van der Waals surface area contributed by atoms with Crippen LogP contribution in [-0.4, -0.2) is 22.5 Å². The number of aromatic nitrogens is 1. The number of nitrogens with zero attached hydrogens (tertiary/aromatic N) is 2. The molecular formula is C19H24N2O2. The minimum Gasteiger partial charge on any atom is -0.361 e. The molecule has 122 valence electrons. The normalized spacial score (nSPS) is 17.6. The molecule has 1 aromatic heterocycles. The quantitative estimate of drug-likeness (QED) is 0.812. The summed E-state index contributed by atoms with van der Waals surface area (Å²) in [6.45, 7) is 2.95. The monoisotopic (exact) mass is 312 g/mol. The largest absolute Gasteiger partial charge is 0.361 e. The first-order valence-corrected chi connectivity index (χ1v) is 8.57. The lowest BCUT2D eigenvalue weighted by Crippen LogP contribution is -2.30. The highest BCUT2D eigenvalue weighted by molar-refractivity contribution is 5.77. The van der Waals surface area contributed by atoms with E-state index < -0.39 is 0 Å². The van der Waals surface area contributed by atoms with Gasteiger partial charge in [-0.3, -0.25) is 4.79 Å². The second kappa shape index (κ2) is 7.44. The molecule has 1 saturated heterocycles. The second-order valence-electron chi connectivity index (χ2n) is 6.20. The van der Waals surface area contributed by atoms with E-state index in [1.165, 1.54) is 5.56 Å². The van der Waals surface area contributed by atoms with E-state index in [4.69, 9.17) is 4.52 Å². The lowest BCUT2D eigenvalue weighted by Gasteiger charge is -2.23. The molecule has 1 atom stereocenters. The Bertz CT molecular complexity index is 636. The molecule has 1 fully saturated rings. The second-order valence-corrected chi connectivity index (χ2v) is 6.20. The maximum absolute atomic E-state index is 12.6. The highest BCUT2D eigenvalue weighted by atomic mass is 16.5. The van der Waals surface area contributed by atoms with E-state index in [1.807, 2.05) is 29.2 Å². The van der Waals surface area contributed by atoms with E-state index >= 15 is 0 Å². The minimum atomic E-state index is 0.0904. The van der Waals surface area contributed by atoms with Gasteiger partial charge in [-0.15, -0.1) is 0 Å². The Morgan fingerprint density at radius 3 is 2.91 bits per heavy atom. The fraction of sp³-hybridized carbons (Fsp3) is 0.474. The zero-order chi connectivity index (χ0) is 16.1. The molecule has 0 radical (unpaired) electrons. The van der Waals surface area contributed by atoms with Crippen molar-refractivity contribution >= 4 is 5.91 Å². The molecule has 23 heavy (non-hydrogen) atoms. The first kappa shape index (κ1) is 15.8. The van der Waals surface area contributed by atoms with Crippen molar-refractivity contribution in [2.75, 3.05) is 6.54 Å². The Morgan fingerprint density at radius 2 is 2.13 bits per heavy atom. The molecule has 1 aliphatic heterocycles. The topological polar surface area (TPSA) is 46.3 Å². The zero-order valence-corrected chi connectivity index (χ0v) is 13.7. The highest BCUT2D eigenvalue weighted by Gasteiger charge is 2.31. The summed E-state index contributed by atoms with van der Waals surface area (Å²) in [7, 11) is 0. The summed E-state index contributed by atoms with van der Waals surface area (Å²) in [5.74, 6) is 1.14. The predicted octanol–water partition coefficient (Wildman–Crippen LogP) is 3.92. The number of likely N-dealkylation sites (tertiary alicyclic amines) is 1. The number of rotatable bonds is 6. The summed E-state index contributed by atoms with van der Waals surface area (Å²) in [6.07, 6.45) is 5.32. The van der Waals surface area contributed by atoms with E-state index in [2.05, 4.69) is 24.2 Å². The van der Waals surface area contributed by atoms with Crippen LogP contribution in [0.5, 0.6) is 0 Å². The molecule has 4 heteroatoms. The first-order valence-electron chi connectivity index (χ1n) is 8.57. The molecule has 2 heterocycles. The number of hydrogen-bond acceptors (Lipinski definition) is 3. The van der Waals surface area contributed by atoms with Crippen LogP contribution in [0.15, 0.2) is 40.9 Å². The summed E-state index contributed by atoms with van der Waals surface area (Å²) < 4.78 is 5.39. The lowest BCUT2D eigenvalue weighted by atomic mass is 10.1.